The van der Waals surface area contributed by atoms with Crippen LogP contribution in [0, 0.1) is 10.1 Å². The molecule has 2 aromatic carbocycles. The molecule has 0 atom stereocenters. The van der Waals surface area contributed by atoms with Crippen molar-refractivity contribution in [2.45, 2.75) is 6.54 Å². The fourth-order valence-electron chi connectivity index (χ4n) is 2.57. The predicted molar refractivity (Wildman–Crippen MR) is 82.3 cm³/mol. The molecule has 1 heterocycles. The van der Waals surface area contributed by atoms with Crippen LogP contribution >= 0.6 is 0 Å². The van der Waals surface area contributed by atoms with Gasteiger partial charge in [-0.25, -0.2) is 0 Å². The van der Waals surface area contributed by atoms with E-state index in [9.17, 15) is 10.1 Å². The standard InChI is InChI=1S/C15H13BN2O2/c16-14-9-13(18(19)20)8-12-6-7-17(15(12)14)10-11-4-2-1-3-5-11/h1-9H,10,16H2. The summed E-state index contributed by atoms with van der Waals surface area (Å²) >= 11 is 0. The second-order valence-corrected chi connectivity index (χ2v) is 4.89. The van der Waals surface area contributed by atoms with E-state index in [1.165, 1.54) is 5.56 Å². The summed E-state index contributed by atoms with van der Waals surface area (Å²) in [4.78, 5) is 10.5. The Bertz CT molecular complexity index is 781. The van der Waals surface area contributed by atoms with Gasteiger partial charge in [-0.1, -0.05) is 35.8 Å². The topological polar surface area (TPSA) is 48.1 Å². The van der Waals surface area contributed by atoms with Gasteiger partial charge in [-0.2, -0.15) is 0 Å². The molecule has 0 spiro atoms. The predicted octanol–water partition coefficient (Wildman–Crippen LogP) is 1.86. The fourth-order valence-corrected chi connectivity index (χ4v) is 2.57. The molecule has 0 aliphatic rings. The highest BCUT2D eigenvalue weighted by atomic mass is 16.6. The van der Waals surface area contributed by atoms with Gasteiger partial charge in [0, 0.05) is 35.8 Å². The van der Waals surface area contributed by atoms with Crippen LogP contribution in [-0.4, -0.2) is 17.3 Å². The third-order valence-electron chi connectivity index (χ3n) is 3.44. The highest BCUT2D eigenvalue weighted by Crippen LogP contribution is 2.20. The van der Waals surface area contributed by atoms with Crippen LogP contribution in [0.1, 0.15) is 5.56 Å². The van der Waals surface area contributed by atoms with Crippen LogP contribution in [-0.2, 0) is 6.54 Å². The van der Waals surface area contributed by atoms with E-state index >= 15 is 0 Å². The molecule has 0 amide bonds. The molecule has 3 aromatic rings. The molecule has 5 heteroatoms. The quantitative estimate of drug-likeness (QED) is 0.412. The van der Waals surface area contributed by atoms with Crippen molar-refractivity contribution in [2.75, 3.05) is 0 Å². The lowest BCUT2D eigenvalue weighted by Crippen LogP contribution is -2.10. The molecule has 0 aliphatic carbocycles. The molecule has 98 valence electrons. The Morgan fingerprint density at radius 1 is 1.15 bits per heavy atom. The van der Waals surface area contributed by atoms with Crippen LogP contribution in [0.3, 0.4) is 0 Å². The second kappa shape index (κ2) is 4.85. The molecule has 0 bridgehead atoms. The summed E-state index contributed by atoms with van der Waals surface area (Å²) in [7, 11) is 1.91. The maximum atomic E-state index is 10.9. The van der Waals surface area contributed by atoms with Crippen molar-refractivity contribution in [1.82, 2.24) is 4.57 Å². The van der Waals surface area contributed by atoms with Crippen molar-refractivity contribution < 1.29 is 4.92 Å². The van der Waals surface area contributed by atoms with E-state index in [4.69, 9.17) is 0 Å². The van der Waals surface area contributed by atoms with Crippen molar-refractivity contribution in [3.05, 3.63) is 70.4 Å². The lowest BCUT2D eigenvalue weighted by atomic mass is 9.93. The van der Waals surface area contributed by atoms with Crippen LogP contribution < -0.4 is 5.46 Å². The minimum Gasteiger partial charge on any atom is -0.344 e. The fraction of sp³-hybridized carbons (Fsp3) is 0.0667. The first-order valence-corrected chi connectivity index (χ1v) is 6.43. The minimum absolute atomic E-state index is 0.146. The number of nitrogens with zero attached hydrogens (tertiary/aromatic N) is 2. The Hall–Kier alpha value is -2.56. The molecule has 0 radical (unpaired) electrons. The van der Waals surface area contributed by atoms with Gasteiger partial charge >= 0.3 is 0 Å². The first-order valence-electron chi connectivity index (χ1n) is 6.43. The molecule has 20 heavy (non-hydrogen) atoms. The number of benzene rings is 2. The number of hydrogen-bond acceptors (Lipinski definition) is 2. The smallest absolute Gasteiger partial charge is 0.269 e. The lowest BCUT2D eigenvalue weighted by Gasteiger charge is -2.08. The highest BCUT2D eigenvalue weighted by Gasteiger charge is 2.12. The zero-order valence-corrected chi connectivity index (χ0v) is 11.1. The summed E-state index contributed by atoms with van der Waals surface area (Å²) in [6.45, 7) is 0.767. The normalized spacial score (nSPS) is 10.8. The third-order valence-corrected chi connectivity index (χ3v) is 3.44. The highest BCUT2D eigenvalue weighted by molar-refractivity contribution is 6.38. The van der Waals surface area contributed by atoms with Crippen LogP contribution in [0.25, 0.3) is 10.9 Å². The van der Waals surface area contributed by atoms with E-state index in [2.05, 4.69) is 16.7 Å². The summed E-state index contributed by atoms with van der Waals surface area (Å²) in [5.41, 5.74) is 3.34. The van der Waals surface area contributed by atoms with Crippen molar-refractivity contribution in [3.63, 3.8) is 0 Å². The van der Waals surface area contributed by atoms with Gasteiger partial charge in [0.15, 0.2) is 0 Å². The zero-order valence-electron chi connectivity index (χ0n) is 11.1. The Labute approximate surface area is 117 Å². The van der Waals surface area contributed by atoms with E-state index in [-0.39, 0.29) is 10.6 Å². The van der Waals surface area contributed by atoms with Gasteiger partial charge in [-0.15, -0.1) is 0 Å². The van der Waals surface area contributed by atoms with E-state index in [0.29, 0.717) is 0 Å². The van der Waals surface area contributed by atoms with Gasteiger partial charge < -0.3 is 4.57 Å². The molecule has 4 nitrogen and oxygen atoms in total. The molecule has 1 aromatic heterocycles. The van der Waals surface area contributed by atoms with Crippen LogP contribution in [0.2, 0.25) is 0 Å². The van der Waals surface area contributed by atoms with Crippen LogP contribution in [0.4, 0.5) is 5.69 Å². The lowest BCUT2D eigenvalue weighted by molar-refractivity contribution is -0.384. The van der Waals surface area contributed by atoms with Gasteiger partial charge in [-0.05, 0) is 11.6 Å². The molecule has 0 saturated carbocycles. The SMILES string of the molecule is Bc1cc([N+](=O)[O-])cc2ccn(Cc3ccccc3)c12. The number of hydrogen-bond donors (Lipinski definition) is 0. The Morgan fingerprint density at radius 2 is 1.90 bits per heavy atom. The summed E-state index contributed by atoms with van der Waals surface area (Å²) < 4.78 is 2.13. The van der Waals surface area contributed by atoms with Crippen molar-refractivity contribution >= 4 is 29.9 Å². The number of rotatable bonds is 3. The van der Waals surface area contributed by atoms with Crippen molar-refractivity contribution in [1.29, 1.82) is 0 Å². The van der Waals surface area contributed by atoms with Gasteiger partial charge in [0.05, 0.1) is 4.92 Å². The summed E-state index contributed by atoms with van der Waals surface area (Å²) in [5, 5.41) is 11.8. The number of aromatic nitrogens is 1. The number of fused-ring (bicyclic) bond motifs is 1. The summed E-state index contributed by atoms with van der Waals surface area (Å²) in [5.74, 6) is 0. The molecule has 0 fully saturated rings. The van der Waals surface area contributed by atoms with Gasteiger partial charge in [0.25, 0.3) is 5.69 Å². The molecular weight excluding hydrogens is 251 g/mol. The largest absolute Gasteiger partial charge is 0.344 e. The Morgan fingerprint density at radius 3 is 2.60 bits per heavy atom. The number of nitro benzene ring substituents is 1. The number of nitro groups is 1. The van der Waals surface area contributed by atoms with Gasteiger partial charge in [0.1, 0.15) is 7.85 Å². The maximum absolute atomic E-state index is 10.9. The molecular formula is C15H13BN2O2. The summed E-state index contributed by atoms with van der Waals surface area (Å²) in [6.07, 6.45) is 1.98. The minimum atomic E-state index is -0.346. The Balaban J connectivity index is 2.07. The molecule has 0 N–H and O–H groups in total. The van der Waals surface area contributed by atoms with Crippen LogP contribution in [0.15, 0.2) is 54.7 Å². The van der Waals surface area contributed by atoms with Crippen molar-refractivity contribution in [3.8, 4) is 0 Å². The second-order valence-electron chi connectivity index (χ2n) is 4.89. The number of non-ortho nitro benzene ring substituents is 1. The average molecular weight is 264 g/mol. The van der Waals surface area contributed by atoms with Gasteiger partial charge in [-0.3, -0.25) is 10.1 Å². The third kappa shape index (κ3) is 2.18. The molecule has 3 rings (SSSR count). The molecule has 0 unspecified atom stereocenters. The van der Waals surface area contributed by atoms with E-state index < -0.39 is 0 Å². The zero-order chi connectivity index (χ0) is 14.1. The Kier molecular flexibility index (Phi) is 3.02. The van der Waals surface area contributed by atoms with Crippen LogP contribution in [0.5, 0.6) is 0 Å². The monoisotopic (exact) mass is 264 g/mol. The average Bonchev–Trinajstić information content (AvgIpc) is 2.83. The van der Waals surface area contributed by atoms with Crippen molar-refractivity contribution in [2.24, 2.45) is 0 Å². The first kappa shape index (κ1) is 12.5. The van der Waals surface area contributed by atoms with E-state index in [1.807, 2.05) is 38.3 Å². The molecule has 0 saturated heterocycles. The first-order chi connectivity index (χ1) is 9.65. The maximum Gasteiger partial charge on any atom is 0.269 e. The van der Waals surface area contributed by atoms with E-state index in [1.54, 1.807) is 12.1 Å². The summed E-state index contributed by atoms with van der Waals surface area (Å²) in [6, 6.07) is 15.4. The van der Waals surface area contributed by atoms with E-state index in [0.717, 1.165) is 22.9 Å². The molecule has 0 aliphatic heterocycles. The van der Waals surface area contributed by atoms with Gasteiger partial charge in [0.2, 0.25) is 0 Å².